The lowest BCUT2D eigenvalue weighted by Gasteiger charge is -2.28. The van der Waals surface area contributed by atoms with Gasteiger partial charge in [-0.25, -0.2) is 4.98 Å². The van der Waals surface area contributed by atoms with E-state index in [0.29, 0.717) is 28.9 Å². The lowest BCUT2D eigenvalue weighted by molar-refractivity contribution is 0.0935. The van der Waals surface area contributed by atoms with Crippen LogP contribution >= 0.6 is 0 Å². The van der Waals surface area contributed by atoms with Crippen LogP contribution in [0.2, 0.25) is 0 Å². The minimum atomic E-state index is -0.122. The quantitative estimate of drug-likeness (QED) is 0.861. The number of benzene rings is 1. The van der Waals surface area contributed by atoms with Crippen molar-refractivity contribution < 1.29 is 4.79 Å². The van der Waals surface area contributed by atoms with Crippen molar-refractivity contribution in [3.8, 4) is 0 Å². The maximum atomic E-state index is 12.9. The van der Waals surface area contributed by atoms with Gasteiger partial charge in [0, 0.05) is 31.1 Å². The second-order valence-electron chi connectivity index (χ2n) is 8.37. The summed E-state index contributed by atoms with van der Waals surface area (Å²) in [6.07, 6.45) is 5.23. The first-order valence-corrected chi connectivity index (χ1v) is 10.4. The topological polar surface area (TPSA) is 67.2 Å². The molecule has 0 bridgehead atoms. The van der Waals surface area contributed by atoms with Gasteiger partial charge in [-0.15, -0.1) is 0 Å². The number of aryl methyl sites for hydroxylation is 1. The SMILES string of the molecule is CC(C)[C@@H](CNC(=O)c1ccc2c(=O)n3c(nc2c1)CCCCCC3)N(C)C. The molecule has 0 aliphatic carbocycles. The molecule has 0 fully saturated rings. The van der Waals surface area contributed by atoms with Crippen molar-refractivity contribution in [3.05, 3.63) is 39.9 Å². The lowest BCUT2D eigenvalue weighted by Crippen LogP contribution is -2.43. The molecule has 0 saturated carbocycles. The molecule has 3 rings (SSSR count). The molecule has 1 aromatic carbocycles. The van der Waals surface area contributed by atoms with Crippen LogP contribution in [0.4, 0.5) is 0 Å². The van der Waals surface area contributed by atoms with Crippen molar-refractivity contribution in [1.29, 1.82) is 0 Å². The number of carbonyl (C=O) groups excluding carboxylic acids is 1. The average molecular weight is 385 g/mol. The van der Waals surface area contributed by atoms with Crippen LogP contribution in [0.5, 0.6) is 0 Å². The molecule has 1 aliphatic heterocycles. The van der Waals surface area contributed by atoms with Crippen LogP contribution in [0, 0.1) is 5.92 Å². The summed E-state index contributed by atoms with van der Waals surface area (Å²) in [7, 11) is 4.05. The van der Waals surface area contributed by atoms with E-state index in [2.05, 4.69) is 24.1 Å². The molecule has 1 amide bonds. The lowest BCUT2D eigenvalue weighted by atomic mass is 10.0. The van der Waals surface area contributed by atoms with Crippen LogP contribution in [0.3, 0.4) is 0 Å². The van der Waals surface area contributed by atoms with Crippen LogP contribution < -0.4 is 10.9 Å². The van der Waals surface area contributed by atoms with Gasteiger partial charge in [-0.3, -0.25) is 14.2 Å². The average Bonchev–Trinajstić information content (AvgIpc) is 2.62. The van der Waals surface area contributed by atoms with E-state index in [1.807, 2.05) is 18.7 Å². The van der Waals surface area contributed by atoms with E-state index in [1.54, 1.807) is 18.2 Å². The Morgan fingerprint density at radius 1 is 1.21 bits per heavy atom. The van der Waals surface area contributed by atoms with Crippen molar-refractivity contribution in [1.82, 2.24) is 19.8 Å². The summed E-state index contributed by atoms with van der Waals surface area (Å²) in [5, 5.41) is 3.62. The van der Waals surface area contributed by atoms with Gasteiger partial charge in [0.05, 0.1) is 10.9 Å². The third-order valence-electron chi connectivity index (χ3n) is 5.73. The number of amides is 1. The number of nitrogens with one attached hydrogen (secondary N) is 1. The summed E-state index contributed by atoms with van der Waals surface area (Å²) in [5.74, 6) is 1.17. The molecule has 1 aromatic heterocycles. The molecular weight excluding hydrogens is 352 g/mol. The Morgan fingerprint density at radius 3 is 2.68 bits per heavy atom. The van der Waals surface area contributed by atoms with Crippen LogP contribution in [-0.2, 0) is 13.0 Å². The third kappa shape index (κ3) is 4.43. The second kappa shape index (κ2) is 8.86. The minimum Gasteiger partial charge on any atom is -0.350 e. The van der Waals surface area contributed by atoms with Crippen molar-refractivity contribution in [2.24, 2.45) is 5.92 Å². The van der Waals surface area contributed by atoms with Gasteiger partial charge in [-0.1, -0.05) is 26.7 Å². The number of likely N-dealkylation sites (N-methyl/N-ethyl adjacent to an activating group) is 1. The zero-order chi connectivity index (χ0) is 20.3. The Labute approximate surface area is 166 Å². The summed E-state index contributed by atoms with van der Waals surface area (Å²) < 4.78 is 1.82. The highest BCUT2D eigenvalue weighted by Gasteiger charge is 2.18. The fourth-order valence-corrected chi connectivity index (χ4v) is 4.05. The Morgan fingerprint density at radius 2 is 1.96 bits per heavy atom. The summed E-state index contributed by atoms with van der Waals surface area (Å²) in [5.41, 5.74) is 1.19. The molecule has 1 N–H and O–H groups in total. The number of hydrogen-bond donors (Lipinski definition) is 1. The summed E-state index contributed by atoms with van der Waals surface area (Å²) in [4.78, 5) is 32.5. The largest absolute Gasteiger partial charge is 0.350 e. The zero-order valence-corrected chi connectivity index (χ0v) is 17.5. The molecule has 2 heterocycles. The van der Waals surface area contributed by atoms with Crippen molar-refractivity contribution in [3.63, 3.8) is 0 Å². The number of hydrogen-bond acceptors (Lipinski definition) is 4. The first kappa shape index (κ1) is 20.5. The third-order valence-corrected chi connectivity index (χ3v) is 5.73. The Hall–Kier alpha value is -2.21. The van der Waals surface area contributed by atoms with Gasteiger partial charge in [0.2, 0.25) is 0 Å². The smallest absolute Gasteiger partial charge is 0.261 e. The predicted molar refractivity (Wildman–Crippen MR) is 113 cm³/mol. The Balaban J connectivity index is 1.86. The van der Waals surface area contributed by atoms with Gasteiger partial charge in [0.15, 0.2) is 0 Å². The molecule has 28 heavy (non-hydrogen) atoms. The zero-order valence-electron chi connectivity index (χ0n) is 17.5. The summed E-state index contributed by atoms with van der Waals surface area (Å²) in [6.45, 7) is 5.62. The number of rotatable bonds is 5. The first-order valence-electron chi connectivity index (χ1n) is 10.4. The van der Waals surface area contributed by atoms with Crippen LogP contribution in [0.1, 0.15) is 55.7 Å². The van der Waals surface area contributed by atoms with Gasteiger partial charge >= 0.3 is 0 Å². The normalized spacial score (nSPS) is 15.9. The molecule has 1 atom stereocenters. The van der Waals surface area contributed by atoms with E-state index in [4.69, 9.17) is 4.98 Å². The molecule has 6 nitrogen and oxygen atoms in total. The predicted octanol–water partition coefficient (Wildman–Crippen LogP) is 2.83. The van der Waals surface area contributed by atoms with E-state index >= 15 is 0 Å². The van der Waals surface area contributed by atoms with E-state index < -0.39 is 0 Å². The molecule has 152 valence electrons. The van der Waals surface area contributed by atoms with Crippen molar-refractivity contribution >= 4 is 16.8 Å². The fourth-order valence-electron chi connectivity index (χ4n) is 4.05. The van der Waals surface area contributed by atoms with E-state index in [1.165, 1.54) is 6.42 Å². The molecule has 1 aliphatic rings. The van der Waals surface area contributed by atoms with Gasteiger partial charge in [0.1, 0.15) is 5.82 Å². The molecular formula is C22H32N4O2. The van der Waals surface area contributed by atoms with Crippen molar-refractivity contribution in [2.45, 2.75) is 58.5 Å². The standard InChI is InChI=1S/C22H32N4O2/c1-15(2)19(25(3)4)14-23-21(27)16-10-11-17-18(13-16)24-20-9-7-5-6-8-12-26(20)22(17)28/h10-11,13,15,19H,5-9,12,14H2,1-4H3,(H,23,27)/t19-/m1/s1. The van der Waals surface area contributed by atoms with Crippen LogP contribution in [0.15, 0.2) is 23.0 Å². The maximum Gasteiger partial charge on any atom is 0.261 e. The molecule has 0 unspecified atom stereocenters. The van der Waals surface area contributed by atoms with E-state index in [-0.39, 0.29) is 17.5 Å². The number of carbonyl (C=O) groups is 1. The number of fused-ring (bicyclic) bond motifs is 2. The maximum absolute atomic E-state index is 12.9. The molecule has 6 heteroatoms. The number of nitrogens with zero attached hydrogens (tertiary/aromatic N) is 3. The Kier molecular flexibility index (Phi) is 6.50. The number of aromatic nitrogens is 2. The molecule has 0 spiro atoms. The molecule has 2 aromatic rings. The first-order chi connectivity index (χ1) is 13.4. The van der Waals surface area contributed by atoms with E-state index in [0.717, 1.165) is 38.1 Å². The van der Waals surface area contributed by atoms with Gasteiger partial charge in [0.25, 0.3) is 11.5 Å². The molecule has 0 radical (unpaired) electrons. The highest BCUT2D eigenvalue weighted by Crippen LogP contribution is 2.16. The molecule has 0 saturated heterocycles. The second-order valence-corrected chi connectivity index (χ2v) is 8.37. The fraction of sp³-hybridized carbons (Fsp3) is 0.591. The van der Waals surface area contributed by atoms with Gasteiger partial charge in [-0.05, 0) is 51.1 Å². The summed E-state index contributed by atoms with van der Waals surface area (Å²) >= 11 is 0. The highest BCUT2D eigenvalue weighted by molar-refractivity contribution is 5.97. The van der Waals surface area contributed by atoms with Crippen LogP contribution in [-0.4, -0.2) is 47.0 Å². The van der Waals surface area contributed by atoms with Gasteiger partial charge < -0.3 is 10.2 Å². The van der Waals surface area contributed by atoms with Crippen molar-refractivity contribution in [2.75, 3.05) is 20.6 Å². The monoisotopic (exact) mass is 384 g/mol. The van der Waals surface area contributed by atoms with Crippen LogP contribution in [0.25, 0.3) is 10.9 Å². The van der Waals surface area contributed by atoms with Gasteiger partial charge in [-0.2, -0.15) is 0 Å². The van der Waals surface area contributed by atoms with E-state index in [9.17, 15) is 9.59 Å². The summed E-state index contributed by atoms with van der Waals surface area (Å²) in [6, 6.07) is 5.51. The minimum absolute atomic E-state index is 0.0151. The highest BCUT2D eigenvalue weighted by atomic mass is 16.1. The Bertz CT molecular complexity index is 893.